The van der Waals surface area contributed by atoms with Crippen LogP contribution in [-0.4, -0.2) is 63.3 Å². The van der Waals surface area contributed by atoms with Crippen LogP contribution in [0.2, 0.25) is 0 Å². The number of hydrogen-bond donors (Lipinski definition) is 0. The number of rotatable bonds is 5. The van der Waals surface area contributed by atoms with Crippen LogP contribution in [0.25, 0.3) is 11.4 Å². The molecule has 9 nitrogen and oxygen atoms in total. The third-order valence-electron chi connectivity index (χ3n) is 5.39. The fraction of sp³-hybridized carbons (Fsp3) is 0.421. The minimum Gasteiger partial charge on any atom is -0.360 e. The maximum atomic E-state index is 14.2. The highest BCUT2D eigenvalue weighted by Crippen LogP contribution is 2.25. The van der Waals surface area contributed by atoms with Gasteiger partial charge in [0.05, 0.1) is 12.2 Å². The summed E-state index contributed by atoms with van der Waals surface area (Å²) in [5.41, 5.74) is 0.741. The smallest absolute Gasteiger partial charge is 0.248 e. The van der Waals surface area contributed by atoms with Gasteiger partial charge in [-0.3, -0.25) is 4.90 Å². The molecular weight excluding hydrogens is 443 g/mol. The van der Waals surface area contributed by atoms with Gasteiger partial charge >= 0.3 is 0 Å². The van der Waals surface area contributed by atoms with E-state index < -0.39 is 10.0 Å². The maximum Gasteiger partial charge on any atom is 0.248 e. The van der Waals surface area contributed by atoms with Crippen molar-refractivity contribution in [1.29, 1.82) is 0 Å². The van der Waals surface area contributed by atoms with Gasteiger partial charge in [-0.2, -0.15) is 9.40 Å². The summed E-state index contributed by atoms with van der Waals surface area (Å²) in [5.74, 6) is 0.374. The first-order valence-electron chi connectivity index (χ1n) is 9.74. The Morgan fingerprint density at radius 1 is 1.16 bits per heavy atom. The number of aryl methyl sites for hydroxylation is 2. The molecule has 0 unspecified atom stereocenters. The van der Waals surface area contributed by atoms with E-state index >= 15 is 0 Å². The van der Waals surface area contributed by atoms with Crippen LogP contribution < -0.4 is 0 Å². The number of sulfonamides is 1. The molecule has 166 valence electrons. The van der Waals surface area contributed by atoms with E-state index in [-0.39, 0.29) is 10.7 Å². The van der Waals surface area contributed by atoms with E-state index in [1.54, 1.807) is 48.3 Å². The molecule has 0 spiro atoms. The van der Waals surface area contributed by atoms with Crippen molar-refractivity contribution in [3.05, 3.63) is 46.3 Å². The van der Waals surface area contributed by atoms with Crippen molar-refractivity contribution >= 4 is 22.2 Å². The minimum absolute atomic E-state index is 0.141. The zero-order valence-electron chi connectivity index (χ0n) is 17.4. The first-order chi connectivity index (χ1) is 14.7. The zero-order chi connectivity index (χ0) is 22.3. The predicted molar refractivity (Wildman–Crippen MR) is 114 cm³/mol. The number of piperazine rings is 1. The second kappa shape index (κ2) is 8.26. The van der Waals surface area contributed by atoms with Gasteiger partial charge in [0.2, 0.25) is 10.0 Å². The van der Waals surface area contributed by atoms with Gasteiger partial charge < -0.3 is 9.09 Å². The lowest BCUT2D eigenvalue weighted by atomic mass is 10.2. The third kappa shape index (κ3) is 3.95. The van der Waals surface area contributed by atoms with Gasteiger partial charge in [0.1, 0.15) is 16.4 Å². The van der Waals surface area contributed by atoms with Gasteiger partial charge in [0, 0.05) is 33.2 Å². The predicted octanol–water partition coefficient (Wildman–Crippen LogP) is 2.33. The van der Waals surface area contributed by atoms with Crippen LogP contribution >= 0.6 is 12.2 Å². The summed E-state index contributed by atoms with van der Waals surface area (Å²) in [4.78, 5) is 2.20. The molecule has 0 saturated carbocycles. The Balaban J connectivity index is 1.48. The summed E-state index contributed by atoms with van der Waals surface area (Å²) in [6, 6.07) is 6.42. The molecule has 0 atom stereocenters. The van der Waals surface area contributed by atoms with Gasteiger partial charge in [-0.1, -0.05) is 17.3 Å². The molecule has 3 aromatic rings. The minimum atomic E-state index is -3.67. The lowest BCUT2D eigenvalue weighted by Crippen LogP contribution is -2.49. The van der Waals surface area contributed by atoms with E-state index in [9.17, 15) is 12.8 Å². The number of aromatic nitrogens is 4. The molecule has 31 heavy (non-hydrogen) atoms. The van der Waals surface area contributed by atoms with Crippen molar-refractivity contribution in [2.75, 3.05) is 26.2 Å². The molecule has 0 amide bonds. The summed E-state index contributed by atoms with van der Waals surface area (Å²) < 4.78 is 50.4. The van der Waals surface area contributed by atoms with Crippen LogP contribution in [0.1, 0.15) is 11.5 Å². The quantitative estimate of drug-likeness (QED) is 0.533. The van der Waals surface area contributed by atoms with E-state index in [2.05, 4.69) is 15.2 Å². The highest BCUT2D eigenvalue weighted by atomic mass is 32.2. The van der Waals surface area contributed by atoms with E-state index in [1.807, 2.05) is 0 Å². The molecule has 0 N–H and O–H groups in total. The van der Waals surface area contributed by atoms with Crippen LogP contribution in [0.4, 0.5) is 4.39 Å². The van der Waals surface area contributed by atoms with Crippen molar-refractivity contribution in [3.8, 4) is 11.4 Å². The highest BCUT2D eigenvalue weighted by Gasteiger charge is 2.33. The Morgan fingerprint density at radius 3 is 2.45 bits per heavy atom. The summed E-state index contributed by atoms with van der Waals surface area (Å²) in [7, 11) is -1.91. The average molecular weight is 467 g/mol. The number of hydrogen-bond acceptors (Lipinski definition) is 7. The average Bonchev–Trinajstić information content (AvgIpc) is 3.22. The van der Waals surface area contributed by atoms with Gasteiger partial charge in [0.15, 0.2) is 16.4 Å². The highest BCUT2D eigenvalue weighted by molar-refractivity contribution is 7.89. The van der Waals surface area contributed by atoms with Gasteiger partial charge in [-0.15, -0.1) is 0 Å². The first kappa shape index (κ1) is 21.8. The summed E-state index contributed by atoms with van der Waals surface area (Å²) >= 11 is 5.48. The molecule has 0 bridgehead atoms. The molecule has 0 radical (unpaired) electrons. The largest absolute Gasteiger partial charge is 0.360 e. The van der Waals surface area contributed by atoms with E-state index in [1.165, 1.54) is 10.4 Å². The molecule has 1 aliphatic heterocycles. The van der Waals surface area contributed by atoms with Crippen molar-refractivity contribution in [3.63, 3.8) is 0 Å². The Hall–Kier alpha value is -2.41. The standard InChI is InChI=1S/C19H23FN6O3S2/c1-13-17(14(2)29-22-13)31(27,28)25-10-8-24(9-11-25)12-26-19(30)23(3)18(21-26)15-6-4-5-7-16(15)20/h4-7H,8-12H2,1-3H3. The molecule has 1 aromatic carbocycles. The second-order valence-electron chi connectivity index (χ2n) is 7.46. The monoisotopic (exact) mass is 466 g/mol. The maximum absolute atomic E-state index is 14.2. The summed E-state index contributed by atoms with van der Waals surface area (Å²) in [6.45, 7) is 5.28. The lowest BCUT2D eigenvalue weighted by molar-refractivity contribution is 0.144. The van der Waals surface area contributed by atoms with Gasteiger partial charge in [-0.05, 0) is 38.2 Å². The number of nitrogens with zero attached hydrogens (tertiary/aromatic N) is 6. The van der Waals surface area contributed by atoms with Crippen LogP contribution in [0.15, 0.2) is 33.7 Å². The third-order valence-corrected chi connectivity index (χ3v) is 8.01. The molecule has 3 heterocycles. The zero-order valence-corrected chi connectivity index (χ0v) is 19.1. The van der Waals surface area contributed by atoms with Crippen LogP contribution in [0, 0.1) is 24.4 Å². The van der Waals surface area contributed by atoms with Gasteiger partial charge in [0.25, 0.3) is 0 Å². The topological polar surface area (TPSA) is 89.4 Å². The fourth-order valence-electron chi connectivity index (χ4n) is 3.73. The second-order valence-corrected chi connectivity index (χ2v) is 9.70. The van der Waals surface area contributed by atoms with Crippen molar-refractivity contribution in [2.45, 2.75) is 25.4 Å². The molecule has 4 rings (SSSR count). The van der Waals surface area contributed by atoms with Crippen LogP contribution in [-0.2, 0) is 23.7 Å². The Labute approximate surface area is 184 Å². The van der Waals surface area contributed by atoms with E-state index in [0.717, 1.165) is 0 Å². The normalized spacial score (nSPS) is 16.1. The first-order valence-corrected chi connectivity index (χ1v) is 11.6. The van der Waals surface area contributed by atoms with Crippen LogP contribution in [0.3, 0.4) is 0 Å². The van der Waals surface area contributed by atoms with Crippen LogP contribution in [0.5, 0.6) is 0 Å². The number of halogens is 1. The number of benzene rings is 1. The fourth-order valence-corrected chi connectivity index (χ4v) is 5.63. The molecule has 1 fully saturated rings. The molecule has 1 aliphatic rings. The molecular formula is C19H23FN6O3S2. The molecule has 12 heteroatoms. The molecule has 1 saturated heterocycles. The van der Waals surface area contributed by atoms with Crippen molar-refractivity contribution in [1.82, 2.24) is 28.7 Å². The molecule has 2 aromatic heterocycles. The SMILES string of the molecule is Cc1noc(C)c1S(=O)(=O)N1CCN(Cn2nc(-c3ccccc3F)n(C)c2=S)CC1. The summed E-state index contributed by atoms with van der Waals surface area (Å²) in [6.07, 6.45) is 0. The summed E-state index contributed by atoms with van der Waals surface area (Å²) in [5, 5.41) is 8.26. The van der Waals surface area contributed by atoms with Crippen molar-refractivity contribution < 1.29 is 17.3 Å². The molecule has 0 aliphatic carbocycles. The van der Waals surface area contributed by atoms with E-state index in [0.29, 0.717) is 60.5 Å². The van der Waals surface area contributed by atoms with Gasteiger partial charge in [-0.25, -0.2) is 17.5 Å². The Kier molecular flexibility index (Phi) is 5.81. The Morgan fingerprint density at radius 2 is 1.84 bits per heavy atom. The van der Waals surface area contributed by atoms with E-state index in [4.69, 9.17) is 16.7 Å². The lowest BCUT2D eigenvalue weighted by Gasteiger charge is -2.33. The van der Waals surface area contributed by atoms with Crippen molar-refractivity contribution in [2.24, 2.45) is 7.05 Å². The Bertz CT molecular complexity index is 1250.